The molecule has 0 unspecified atom stereocenters. The van der Waals surface area contributed by atoms with Crippen molar-refractivity contribution in [1.29, 1.82) is 0 Å². The molecule has 0 aliphatic carbocycles. The number of Topliss-reactive ketones (excluding diaryl/α,β-unsaturated/α-hetero) is 1. The summed E-state index contributed by atoms with van der Waals surface area (Å²) in [6, 6.07) is 17.2. The standard InChI is InChI=1S/C17H18O2/c1-2-12-19-16-10-8-15(9-11-16)17(18)13-14-6-4-3-5-7-14/h3-11H,2,12-13H2,1H3. The topological polar surface area (TPSA) is 26.3 Å². The number of hydrogen-bond acceptors (Lipinski definition) is 2. The number of carbonyl (C=O) groups is 1. The monoisotopic (exact) mass is 254 g/mol. The van der Waals surface area contributed by atoms with Gasteiger partial charge in [0.1, 0.15) is 5.75 Å². The first-order chi connectivity index (χ1) is 9.29. The van der Waals surface area contributed by atoms with Crippen LogP contribution in [-0.4, -0.2) is 12.4 Å². The summed E-state index contributed by atoms with van der Waals surface area (Å²) in [6.07, 6.45) is 1.42. The fourth-order valence-corrected chi connectivity index (χ4v) is 1.84. The molecule has 2 aromatic carbocycles. The van der Waals surface area contributed by atoms with Gasteiger partial charge in [-0.15, -0.1) is 0 Å². The van der Waals surface area contributed by atoms with E-state index < -0.39 is 0 Å². The molecule has 0 N–H and O–H groups in total. The van der Waals surface area contributed by atoms with Gasteiger partial charge in [-0.25, -0.2) is 0 Å². The van der Waals surface area contributed by atoms with Gasteiger partial charge in [-0.3, -0.25) is 4.79 Å². The Kier molecular flexibility index (Phi) is 4.73. The van der Waals surface area contributed by atoms with Crippen molar-refractivity contribution in [3.63, 3.8) is 0 Å². The summed E-state index contributed by atoms with van der Waals surface area (Å²) in [5, 5.41) is 0. The molecule has 0 aliphatic rings. The van der Waals surface area contributed by atoms with E-state index in [1.54, 1.807) is 0 Å². The quantitative estimate of drug-likeness (QED) is 0.731. The lowest BCUT2D eigenvalue weighted by atomic mass is 10.0. The molecule has 0 aliphatic heterocycles. The number of carbonyl (C=O) groups excluding carboxylic acids is 1. The molecule has 2 aromatic rings. The second kappa shape index (κ2) is 6.74. The first-order valence-electron chi connectivity index (χ1n) is 6.59. The molecular formula is C17H18O2. The Labute approximate surface area is 114 Å². The zero-order valence-corrected chi connectivity index (χ0v) is 11.1. The van der Waals surface area contributed by atoms with Gasteiger partial charge in [-0.05, 0) is 36.2 Å². The van der Waals surface area contributed by atoms with Crippen molar-refractivity contribution in [2.24, 2.45) is 0 Å². The van der Waals surface area contributed by atoms with Gasteiger partial charge in [0.2, 0.25) is 0 Å². The van der Waals surface area contributed by atoms with Crippen molar-refractivity contribution in [3.8, 4) is 5.75 Å². The molecule has 98 valence electrons. The van der Waals surface area contributed by atoms with Crippen molar-refractivity contribution >= 4 is 5.78 Å². The maximum atomic E-state index is 12.1. The third-order valence-electron chi connectivity index (χ3n) is 2.86. The smallest absolute Gasteiger partial charge is 0.167 e. The number of hydrogen-bond donors (Lipinski definition) is 0. The first kappa shape index (κ1) is 13.3. The van der Waals surface area contributed by atoms with Crippen LogP contribution in [0.3, 0.4) is 0 Å². The molecule has 0 fully saturated rings. The van der Waals surface area contributed by atoms with Gasteiger partial charge in [-0.2, -0.15) is 0 Å². The van der Waals surface area contributed by atoms with Crippen molar-refractivity contribution in [3.05, 3.63) is 65.7 Å². The molecule has 0 amide bonds. The highest BCUT2D eigenvalue weighted by atomic mass is 16.5. The summed E-state index contributed by atoms with van der Waals surface area (Å²) in [6.45, 7) is 2.77. The Bertz CT molecular complexity index is 515. The lowest BCUT2D eigenvalue weighted by Gasteiger charge is -2.05. The number of ether oxygens (including phenoxy) is 1. The van der Waals surface area contributed by atoms with Crippen LogP contribution in [0.15, 0.2) is 54.6 Å². The van der Waals surface area contributed by atoms with Gasteiger partial charge < -0.3 is 4.74 Å². The molecule has 2 nitrogen and oxygen atoms in total. The van der Waals surface area contributed by atoms with Crippen molar-refractivity contribution in [1.82, 2.24) is 0 Å². The van der Waals surface area contributed by atoms with Crippen LogP contribution in [0, 0.1) is 0 Å². The fourth-order valence-electron chi connectivity index (χ4n) is 1.84. The van der Waals surface area contributed by atoms with Crippen LogP contribution in [0.2, 0.25) is 0 Å². The average molecular weight is 254 g/mol. The predicted octanol–water partition coefficient (Wildman–Crippen LogP) is 3.90. The van der Waals surface area contributed by atoms with Crippen LogP contribution in [-0.2, 0) is 6.42 Å². The van der Waals surface area contributed by atoms with E-state index in [1.807, 2.05) is 54.6 Å². The summed E-state index contributed by atoms with van der Waals surface area (Å²) >= 11 is 0. The van der Waals surface area contributed by atoms with Crippen molar-refractivity contribution in [2.45, 2.75) is 19.8 Å². The Hall–Kier alpha value is -2.09. The predicted molar refractivity (Wildman–Crippen MR) is 76.7 cm³/mol. The van der Waals surface area contributed by atoms with E-state index in [0.717, 1.165) is 23.3 Å². The molecule has 0 heterocycles. The van der Waals surface area contributed by atoms with Crippen LogP contribution in [0.1, 0.15) is 29.3 Å². The van der Waals surface area contributed by atoms with Gasteiger partial charge in [0.25, 0.3) is 0 Å². The second-order valence-electron chi connectivity index (χ2n) is 4.46. The summed E-state index contributed by atoms with van der Waals surface area (Å²) < 4.78 is 5.50. The molecule has 0 spiro atoms. The third kappa shape index (κ3) is 3.95. The SMILES string of the molecule is CCCOc1ccc(C(=O)Cc2ccccc2)cc1. The Balaban J connectivity index is 1.99. The van der Waals surface area contributed by atoms with E-state index in [4.69, 9.17) is 4.74 Å². The van der Waals surface area contributed by atoms with E-state index in [0.29, 0.717) is 13.0 Å². The fraction of sp³-hybridized carbons (Fsp3) is 0.235. The zero-order chi connectivity index (χ0) is 13.5. The molecule has 0 saturated carbocycles. The number of benzene rings is 2. The minimum Gasteiger partial charge on any atom is -0.494 e. The van der Waals surface area contributed by atoms with Crippen LogP contribution in [0.5, 0.6) is 5.75 Å². The normalized spacial score (nSPS) is 10.2. The summed E-state index contributed by atoms with van der Waals surface area (Å²) in [5.74, 6) is 0.950. The summed E-state index contributed by atoms with van der Waals surface area (Å²) in [4.78, 5) is 12.1. The molecule has 0 atom stereocenters. The van der Waals surface area contributed by atoms with E-state index in [1.165, 1.54) is 0 Å². The van der Waals surface area contributed by atoms with Crippen molar-refractivity contribution in [2.75, 3.05) is 6.61 Å². The van der Waals surface area contributed by atoms with Gasteiger partial charge in [0.05, 0.1) is 6.61 Å². The zero-order valence-electron chi connectivity index (χ0n) is 11.1. The van der Waals surface area contributed by atoms with Crippen LogP contribution in [0.25, 0.3) is 0 Å². The van der Waals surface area contributed by atoms with Gasteiger partial charge in [-0.1, -0.05) is 37.3 Å². The highest BCUT2D eigenvalue weighted by molar-refractivity contribution is 5.97. The Morgan fingerprint density at radius 1 is 1.00 bits per heavy atom. The minimum atomic E-state index is 0.133. The van der Waals surface area contributed by atoms with Crippen LogP contribution >= 0.6 is 0 Å². The molecule has 0 bridgehead atoms. The Morgan fingerprint density at radius 3 is 2.32 bits per heavy atom. The first-order valence-corrected chi connectivity index (χ1v) is 6.59. The van der Waals surface area contributed by atoms with Crippen LogP contribution < -0.4 is 4.74 Å². The lowest BCUT2D eigenvalue weighted by Crippen LogP contribution is -2.03. The Morgan fingerprint density at radius 2 is 1.68 bits per heavy atom. The van der Waals surface area contributed by atoms with E-state index in [9.17, 15) is 4.79 Å². The lowest BCUT2D eigenvalue weighted by molar-refractivity contribution is 0.0993. The van der Waals surface area contributed by atoms with Gasteiger partial charge in [0, 0.05) is 12.0 Å². The summed E-state index contributed by atoms with van der Waals surface area (Å²) in [7, 11) is 0. The largest absolute Gasteiger partial charge is 0.494 e. The van der Waals surface area contributed by atoms with E-state index in [2.05, 4.69) is 6.92 Å². The van der Waals surface area contributed by atoms with Gasteiger partial charge >= 0.3 is 0 Å². The molecule has 0 aromatic heterocycles. The maximum absolute atomic E-state index is 12.1. The third-order valence-corrected chi connectivity index (χ3v) is 2.86. The van der Waals surface area contributed by atoms with E-state index in [-0.39, 0.29) is 5.78 Å². The molecule has 0 saturated heterocycles. The molecular weight excluding hydrogens is 236 g/mol. The highest BCUT2D eigenvalue weighted by Gasteiger charge is 2.06. The number of rotatable bonds is 6. The maximum Gasteiger partial charge on any atom is 0.167 e. The van der Waals surface area contributed by atoms with Gasteiger partial charge in [0.15, 0.2) is 5.78 Å². The summed E-state index contributed by atoms with van der Waals surface area (Å²) in [5.41, 5.74) is 1.77. The van der Waals surface area contributed by atoms with E-state index >= 15 is 0 Å². The molecule has 0 radical (unpaired) electrons. The van der Waals surface area contributed by atoms with Crippen molar-refractivity contribution < 1.29 is 9.53 Å². The number of ketones is 1. The van der Waals surface area contributed by atoms with Crippen LogP contribution in [0.4, 0.5) is 0 Å². The molecule has 2 heteroatoms. The highest BCUT2D eigenvalue weighted by Crippen LogP contribution is 2.14. The minimum absolute atomic E-state index is 0.133. The molecule has 19 heavy (non-hydrogen) atoms. The molecule has 2 rings (SSSR count). The second-order valence-corrected chi connectivity index (χ2v) is 4.46. The average Bonchev–Trinajstić information content (AvgIpc) is 2.46.